The fourth-order valence-electron chi connectivity index (χ4n) is 2.01. The average Bonchev–Trinajstić information content (AvgIpc) is 2.85. The van der Waals surface area contributed by atoms with Gasteiger partial charge in [-0.3, -0.25) is 0 Å². The second-order valence-corrected chi connectivity index (χ2v) is 4.75. The van der Waals surface area contributed by atoms with Crippen molar-refractivity contribution in [1.82, 2.24) is 4.98 Å². The maximum atomic E-state index is 6.03. The Labute approximate surface area is 116 Å². The number of para-hydroxylation sites is 1. The molecule has 1 aromatic carbocycles. The highest BCUT2D eigenvalue weighted by atomic mass is 35.5. The van der Waals surface area contributed by atoms with E-state index in [2.05, 4.69) is 10.3 Å². The predicted octanol–water partition coefficient (Wildman–Crippen LogP) is 4.65. The fourth-order valence-corrected chi connectivity index (χ4v) is 2.19. The number of fused-ring (bicyclic) bond motifs is 1. The van der Waals surface area contributed by atoms with Crippen molar-refractivity contribution in [3.8, 4) is 0 Å². The molecule has 0 aliphatic carbocycles. The number of aromatic nitrogens is 1. The number of rotatable bonds is 3. The van der Waals surface area contributed by atoms with Crippen molar-refractivity contribution in [2.75, 3.05) is 5.32 Å². The Morgan fingerprint density at radius 3 is 2.84 bits per heavy atom. The van der Waals surface area contributed by atoms with E-state index >= 15 is 0 Å². The van der Waals surface area contributed by atoms with E-state index in [0.29, 0.717) is 5.15 Å². The molecule has 3 nitrogen and oxygen atoms in total. The minimum Gasteiger partial charge on any atom is -0.459 e. The van der Waals surface area contributed by atoms with Crippen molar-refractivity contribution in [2.45, 2.75) is 13.0 Å². The van der Waals surface area contributed by atoms with Crippen LogP contribution >= 0.6 is 11.6 Å². The molecule has 0 saturated carbocycles. The number of hydrogen-bond donors (Lipinski definition) is 1. The normalized spacial score (nSPS) is 12.5. The Morgan fingerprint density at radius 2 is 2.05 bits per heavy atom. The lowest BCUT2D eigenvalue weighted by Crippen LogP contribution is -2.06. The lowest BCUT2D eigenvalue weighted by atomic mass is 10.2. The Morgan fingerprint density at radius 1 is 1.21 bits per heavy atom. The van der Waals surface area contributed by atoms with Gasteiger partial charge in [-0.05, 0) is 31.2 Å². The van der Waals surface area contributed by atoms with Crippen molar-refractivity contribution >= 4 is 28.3 Å². The van der Waals surface area contributed by atoms with Crippen LogP contribution in [-0.4, -0.2) is 4.98 Å². The van der Waals surface area contributed by atoms with Gasteiger partial charge in [-0.1, -0.05) is 29.8 Å². The number of nitrogens with zero attached hydrogens (tertiary/aromatic N) is 1. The summed E-state index contributed by atoms with van der Waals surface area (Å²) in [6.07, 6.45) is 1.67. The van der Waals surface area contributed by atoms with E-state index in [4.69, 9.17) is 16.0 Å². The van der Waals surface area contributed by atoms with Crippen molar-refractivity contribution in [1.29, 1.82) is 0 Å². The summed E-state index contributed by atoms with van der Waals surface area (Å²) in [4.78, 5) is 4.04. The summed E-state index contributed by atoms with van der Waals surface area (Å²) >= 11 is 6.03. The standard InChI is InChI=1S/C15H13ClN2O/c1-10(18-12-6-4-8-17-15(12)16)14-9-11-5-2-3-7-13(11)19-14/h2-10,18H,1H3. The maximum absolute atomic E-state index is 6.03. The van der Waals surface area contributed by atoms with E-state index < -0.39 is 0 Å². The third-order valence-electron chi connectivity index (χ3n) is 3.00. The van der Waals surface area contributed by atoms with E-state index in [-0.39, 0.29) is 6.04 Å². The summed E-state index contributed by atoms with van der Waals surface area (Å²) in [5, 5.41) is 4.86. The molecule has 0 spiro atoms. The largest absolute Gasteiger partial charge is 0.459 e. The summed E-state index contributed by atoms with van der Waals surface area (Å²) in [5.74, 6) is 0.876. The highest BCUT2D eigenvalue weighted by Gasteiger charge is 2.12. The molecule has 0 radical (unpaired) electrons. The third kappa shape index (κ3) is 2.42. The van der Waals surface area contributed by atoms with Crippen LogP contribution in [0.25, 0.3) is 11.0 Å². The maximum Gasteiger partial charge on any atom is 0.152 e. The lowest BCUT2D eigenvalue weighted by molar-refractivity contribution is 0.526. The first kappa shape index (κ1) is 12.1. The molecular formula is C15H13ClN2O. The molecule has 1 atom stereocenters. The number of pyridine rings is 1. The molecular weight excluding hydrogens is 260 g/mol. The van der Waals surface area contributed by atoms with Gasteiger partial charge >= 0.3 is 0 Å². The molecule has 1 unspecified atom stereocenters. The summed E-state index contributed by atoms with van der Waals surface area (Å²) in [6.45, 7) is 2.03. The van der Waals surface area contributed by atoms with E-state index in [1.165, 1.54) is 0 Å². The molecule has 4 heteroatoms. The highest BCUT2D eigenvalue weighted by molar-refractivity contribution is 6.31. The second kappa shape index (κ2) is 4.94. The summed E-state index contributed by atoms with van der Waals surface area (Å²) in [7, 11) is 0. The zero-order chi connectivity index (χ0) is 13.2. The summed E-state index contributed by atoms with van der Waals surface area (Å²) < 4.78 is 5.82. The quantitative estimate of drug-likeness (QED) is 0.705. The number of halogens is 1. The SMILES string of the molecule is CC(Nc1cccnc1Cl)c1cc2ccccc2o1. The molecule has 1 N–H and O–H groups in total. The number of nitrogens with one attached hydrogen (secondary N) is 1. The highest BCUT2D eigenvalue weighted by Crippen LogP contribution is 2.28. The Kier molecular flexibility index (Phi) is 3.13. The molecule has 0 aliphatic heterocycles. The van der Waals surface area contributed by atoms with Crippen LogP contribution < -0.4 is 5.32 Å². The van der Waals surface area contributed by atoms with E-state index in [0.717, 1.165) is 22.4 Å². The van der Waals surface area contributed by atoms with Crippen LogP contribution in [0.4, 0.5) is 5.69 Å². The van der Waals surface area contributed by atoms with E-state index in [1.807, 2.05) is 49.4 Å². The van der Waals surface area contributed by atoms with Crippen LogP contribution in [0.3, 0.4) is 0 Å². The molecule has 0 aliphatic rings. The zero-order valence-electron chi connectivity index (χ0n) is 10.4. The van der Waals surface area contributed by atoms with Gasteiger partial charge in [-0.25, -0.2) is 4.98 Å². The Balaban J connectivity index is 1.87. The minimum atomic E-state index is 0.0223. The first-order valence-electron chi connectivity index (χ1n) is 6.09. The molecule has 19 heavy (non-hydrogen) atoms. The van der Waals surface area contributed by atoms with Gasteiger partial charge in [0.15, 0.2) is 5.15 Å². The number of anilines is 1. The molecule has 3 rings (SSSR count). The third-order valence-corrected chi connectivity index (χ3v) is 3.30. The van der Waals surface area contributed by atoms with Crippen molar-refractivity contribution in [3.05, 3.63) is 59.6 Å². The Hall–Kier alpha value is -2.00. The van der Waals surface area contributed by atoms with Gasteiger partial charge in [0.05, 0.1) is 11.7 Å². The van der Waals surface area contributed by atoms with Crippen LogP contribution in [0.1, 0.15) is 18.7 Å². The zero-order valence-corrected chi connectivity index (χ0v) is 11.2. The summed E-state index contributed by atoms with van der Waals surface area (Å²) in [5.41, 5.74) is 1.69. The summed E-state index contributed by atoms with van der Waals surface area (Å²) in [6, 6.07) is 13.8. The molecule has 0 fully saturated rings. The molecule has 2 heterocycles. The van der Waals surface area contributed by atoms with Crippen LogP contribution in [-0.2, 0) is 0 Å². The predicted molar refractivity (Wildman–Crippen MR) is 77.5 cm³/mol. The molecule has 2 aromatic heterocycles. The number of furan rings is 1. The first-order chi connectivity index (χ1) is 9.24. The van der Waals surface area contributed by atoms with Gasteiger partial charge in [-0.2, -0.15) is 0 Å². The number of hydrogen-bond acceptors (Lipinski definition) is 3. The van der Waals surface area contributed by atoms with Crippen molar-refractivity contribution in [3.63, 3.8) is 0 Å². The fraction of sp³-hybridized carbons (Fsp3) is 0.133. The van der Waals surface area contributed by atoms with Gasteiger partial charge in [0, 0.05) is 11.6 Å². The van der Waals surface area contributed by atoms with Gasteiger partial charge in [0.25, 0.3) is 0 Å². The van der Waals surface area contributed by atoms with Gasteiger partial charge in [-0.15, -0.1) is 0 Å². The topological polar surface area (TPSA) is 38.1 Å². The van der Waals surface area contributed by atoms with Gasteiger partial charge in [0.2, 0.25) is 0 Å². The van der Waals surface area contributed by atoms with Gasteiger partial charge in [0.1, 0.15) is 11.3 Å². The second-order valence-electron chi connectivity index (χ2n) is 4.39. The van der Waals surface area contributed by atoms with Crippen molar-refractivity contribution in [2.24, 2.45) is 0 Å². The molecule has 96 valence electrons. The van der Waals surface area contributed by atoms with Gasteiger partial charge < -0.3 is 9.73 Å². The monoisotopic (exact) mass is 272 g/mol. The van der Waals surface area contributed by atoms with Crippen LogP contribution in [0, 0.1) is 0 Å². The molecule has 0 amide bonds. The smallest absolute Gasteiger partial charge is 0.152 e. The van der Waals surface area contributed by atoms with Crippen LogP contribution in [0.15, 0.2) is 53.1 Å². The van der Waals surface area contributed by atoms with Crippen LogP contribution in [0.5, 0.6) is 0 Å². The first-order valence-corrected chi connectivity index (χ1v) is 6.47. The average molecular weight is 273 g/mol. The van der Waals surface area contributed by atoms with E-state index in [1.54, 1.807) is 6.20 Å². The van der Waals surface area contributed by atoms with E-state index in [9.17, 15) is 0 Å². The number of benzene rings is 1. The minimum absolute atomic E-state index is 0.0223. The van der Waals surface area contributed by atoms with Crippen molar-refractivity contribution < 1.29 is 4.42 Å². The molecule has 0 bridgehead atoms. The molecule has 0 saturated heterocycles. The molecule has 3 aromatic rings. The Bertz CT molecular complexity index is 675. The lowest BCUT2D eigenvalue weighted by Gasteiger charge is -2.13. The van der Waals surface area contributed by atoms with Crippen LogP contribution in [0.2, 0.25) is 5.15 Å².